The molecule has 0 aliphatic rings. The molecule has 48 heavy (non-hydrogen) atoms. The van der Waals surface area contributed by atoms with E-state index in [-0.39, 0.29) is 66.8 Å². The monoisotopic (exact) mass is 763 g/mol. The van der Waals surface area contributed by atoms with Gasteiger partial charge in [0.05, 0.1) is 41.4 Å². The average Bonchev–Trinajstić information content (AvgIpc) is 2.93. The minimum absolute atomic E-state index is 0. The molecular formula is C26H33N7O12S2Zn. The van der Waals surface area contributed by atoms with Crippen LogP contribution in [-0.2, 0) is 63.5 Å². The first-order valence-electron chi connectivity index (χ1n) is 13.5. The third-order valence-electron chi connectivity index (χ3n) is 6.20. The van der Waals surface area contributed by atoms with Gasteiger partial charge in [0, 0.05) is 50.6 Å². The normalized spacial score (nSPS) is 11.6. The van der Waals surface area contributed by atoms with Crippen LogP contribution in [0, 0.1) is 0 Å². The van der Waals surface area contributed by atoms with Crippen molar-refractivity contribution in [3.05, 3.63) is 48.5 Å². The summed E-state index contributed by atoms with van der Waals surface area (Å²) in [5.41, 5.74) is 0.395. The van der Waals surface area contributed by atoms with Gasteiger partial charge in [0.15, 0.2) is 0 Å². The van der Waals surface area contributed by atoms with Crippen molar-refractivity contribution in [1.29, 1.82) is 0 Å². The smallest absolute Gasteiger partial charge is 0.549 e. The maximum atomic E-state index is 12.6. The maximum Gasteiger partial charge on any atom is 2.00 e. The third-order valence-corrected chi connectivity index (χ3v) is 8.06. The van der Waals surface area contributed by atoms with E-state index in [9.17, 15) is 56.1 Å². The molecule has 0 aliphatic carbocycles. The Hall–Kier alpha value is -3.89. The number of aliphatic carboxylic acids is 3. The van der Waals surface area contributed by atoms with Crippen LogP contribution in [0.4, 0.5) is 11.4 Å². The van der Waals surface area contributed by atoms with Crippen molar-refractivity contribution in [3.63, 3.8) is 0 Å². The first-order valence-corrected chi connectivity index (χ1v) is 16.5. The predicted molar refractivity (Wildman–Crippen MR) is 160 cm³/mol. The molecule has 2 aromatic rings. The molecule has 2 rings (SSSR count). The van der Waals surface area contributed by atoms with Crippen molar-refractivity contribution >= 4 is 61.1 Å². The van der Waals surface area contributed by atoms with Crippen LogP contribution in [0.25, 0.3) is 0 Å². The number of carbonyl (C=O) groups excluding carboxylic acids is 4. The van der Waals surface area contributed by atoms with Crippen LogP contribution in [0.5, 0.6) is 0 Å². The van der Waals surface area contributed by atoms with Crippen LogP contribution in [0.1, 0.15) is 0 Å². The molecule has 0 aromatic heterocycles. The van der Waals surface area contributed by atoms with E-state index in [1.54, 1.807) is 0 Å². The van der Waals surface area contributed by atoms with Crippen LogP contribution in [0.15, 0.2) is 58.3 Å². The molecule has 2 aromatic carbocycles. The zero-order valence-electron chi connectivity index (χ0n) is 25.4. The summed E-state index contributed by atoms with van der Waals surface area (Å²) in [6, 6.07) is 9.76. The molecule has 0 atom stereocenters. The summed E-state index contributed by atoms with van der Waals surface area (Å²) in [4.78, 5) is 62.5. The van der Waals surface area contributed by atoms with Gasteiger partial charge in [-0.15, -0.1) is 0 Å². The molecule has 0 saturated carbocycles. The van der Waals surface area contributed by atoms with Crippen molar-refractivity contribution in [3.8, 4) is 0 Å². The van der Waals surface area contributed by atoms with Gasteiger partial charge in [0.25, 0.3) is 0 Å². The fourth-order valence-corrected chi connectivity index (χ4v) is 5.11. The van der Waals surface area contributed by atoms with Crippen LogP contribution in [0.3, 0.4) is 0 Å². The van der Waals surface area contributed by atoms with E-state index in [1.165, 1.54) is 46.2 Å². The van der Waals surface area contributed by atoms with Crippen molar-refractivity contribution in [2.45, 2.75) is 9.79 Å². The number of carbonyl (C=O) groups is 5. The maximum absolute atomic E-state index is 12.6. The Labute approximate surface area is 288 Å². The number of nitrogens with zero attached hydrogens (tertiary/aromatic N) is 3. The van der Waals surface area contributed by atoms with Crippen molar-refractivity contribution in [2.24, 2.45) is 10.3 Å². The minimum atomic E-state index is -3.96. The number of benzene rings is 2. The van der Waals surface area contributed by atoms with E-state index >= 15 is 0 Å². The van der Waals surface area contributed by atoms with Crippen LogP contribution in [-0.4, -0.2) is 125 Å². The minimum Gasteiger partial charge on any atom is -0.549 e. The van der Waals surface area contributed by atoms with Crippen LogP contribution >= 0.6 is 0 Å². The van der Waals surface area contributed by atoms with Gasteiger partial charge in [0.1, 0.15) is 0 Å². The molecule has 0 unspecified atom stereocenters. The number of amides is 2. The van der Waals surface area contributed by atoms with Gasteiger partial charge in [-0.2, -0.15) is 0 Å². The Morgan fingerprint density at radius 1 is 0.583 bits per heavy atom. The Balaban J connectivity index is 0.0000115. The second-order valence-corrected chi connectivity index (χ2v) is 13.2. The number of anilines is 2. The van der Waals surface area contributed by atoms with Crippen molar-refractivity contribution in [2.75, 3.05) is 69.5 Å². The predicted octanol–water partition coefficient (Wildman–Crippen LogP) is -4.95. The molecule has 0 spiro atoms. The summed E-state index contributed by atoms with van der Waals surface area (Å²) in [5.74, 6) is -5.65. The molecule has 22 heteroatoms. The molecule has 258 valence electrons. The summed E-state index contributed by atoms with van der Waals surface area (Å²) in [6.45, 7) is -3.41. The number of carboxylic acid groups (broad SMARTS) is 3. The largest absolute Gasteiger partial charge is 2.00 e. The van der Waals surface area contributed by atoms with E-state index in [2.05, 4.69) is 10.6 Å². The van der Waals surface area contributed by atoms with E-state index < -0.39 is 82.5 Å². The summed E-state index contributed by atoms with van der Waals surface area (Å²) >= 11 is 0. The van der Waals surface area contributed by atoms with Gasteiger partial charge in [-0.3, -0.25) is 29.1 Å². The second kappa shape index (κ2) is 19.2. The van der Waals surface area contributed by atoms with E-state index in [0.717, 1.165) is 17.0 Å². The fourth-order valence-electron chi connectivity index (χ4n) is 4.08. The topological polar surface area (TPSA) is 306 Å². The molecule has 19 nitrogen and oxygen atoms in total. The van der Waals surface area contributed by atoms with E-state index in [1.807, 2.05) is 0 Å². The van der Waals surface area contributed by atoms with Gasteiger partial charge in [-0.25, -0.2) is 27.1 Å². The summed E-state index contributed by atoms with van der Waals surface area (Å²) < 4.78 is 45.6. The van der Waals surface area contributed by atoms with Gasteiger partial charge in [-0.1, -0.05) is 0 Å². The number of nitrogens with one attached hydrogen (secondary N) is 2. The molecule has 0 heterocycles. The van der Waals surface area contributed by atoms with Crippen molar-refractivity contribution < 1.29 is 75.6 Å². The third kappa shape index (κ3) is 16.3. The Kier molecular flexibility index (Phi) is 16.9. The molecular weight excluding hydrogens is 732 g/mol. The summed E-state index contributed by atoms with van der Waals surface area (Å²) in [6.07, 6.45) is 0. The summed E-state index contributed by atoms with van der Waals surface area (Å²) in [5, 5.41) is 47.0. The SMILES string of the molecule is NS(=O)(=O)c1ccc(NC(=O)CN(CCN(CCN(CC(=O)O)CC(=O)Nc2ccc(S(N)(=O)=O)cc2)CC(=O)[O-])CC(=O)[O-])cc1.[Zn+2]. The Morgan fingerprint density at radius 2 is 0.896 bits per heavy atom. The Bertz CT molecular complexity index is 1540. The number of hydrogen-bond donors (Lipinski definition) is 5. The zero-order valence-corrected chi connectivity index (χ0v) is 30.0. The van der Waals surface area contributed by atoms with E-state index in [0.29, 0.717) is 0 Å². The second-order valence-electron chi connectivity index (χ2n) is 10.1. The number of sulfonamides is 2. The first kappa shape index (κ1) is 42.1. The van der Waals surface area contributed by atoms with Crippen LogP contribution < -0.4 is 31.1 Å². The molecule has 0 bridgehead atoms. The first-order chi connectivity index (χ1) is 21.8. The van der Waals surface area contributed by atoms with Gasteiger partial charge >= 0.3 is 25.4 Å². The van der Waals surface area contributed by atoms with Gasteiger partial charge in [-0.05, 0) is 48.5 Å². The quantitative estimate of drug-likeness (QED) is 0.0789. The number of rotatable bonds is 20. The number of primary sulfonamides is 2. The van der Waals surface area contributed by atoms with Crippen LogP contribution in [0.2, 0.25) is 0 Å². The molecule has 0 saturated heterocycles. The van der Waals surface area contributed by atoms with Crippen molar-refractivity contribution in [1.82, 2.24) is 14.7 Å². The molecule has 0 fully saturated rings. The number of carboxylic acids is 3. The van der Waals surface area contributed by atoms with Gasteiger partial charge in [0.2, 0.25) is 31.9 Å². The molecule has 0 aliphatic heterocycles. The molecule has 0 radical (unpaired) electrons. The number of hydrogen-bond acceptors (Lipinski definition) is 14. The van der Waals surface area contributed by atoms with Gasteiger partial charge < -0.3 is 35.5 Å². The Morgan fingerprint density at radius 3 is 1.21 bits per heavy atom. The zero-order chi connectivity index (χ0) is 35.4. The average molecular weight is 765 g/mol. The standard InChI is InChI=1S/C26H35N7O12S2.Zn/c27-46(42,43)20-5-1-18(2-6-20)29-22(34)13-32(16-25(38)39)11-9-31(15-24(36)37)10-12-33(17-26(40)41)14-23(35)30-19-3-7-21(8-4-19)47(28,44)45;/h1-8H,9-17H2,(H,29,34)(H,30,35)(H,36,37)(H,38,39)(H,40,41)(H2,27,42,43)(H2,28,44,45);/q;+2/p-2. The number of nitrogens with two attached hydrogens (primary N) is 2. The summed E-state index contributed by atoms with van der Waals surface area (Å²) in [7, 11) is -7.92. The molecule has 2 amide bonds. The molecule has 7 N–H and O–H groups in total. The fraction of sp³-hybridized carbons (Fsp3) is 0.346. The van der Waals surface area contributed by atoms with E-state index in [4.69, 9.17) is 10.3 Å².